The summed E-state index contributed by atoms with van der Waals surface area (Å²) in [6, 6.07) is -2.47. The zero-order valence-electron chi connectivity index (χ0n) is 32.0. The topological polar surface area (TPSA) is 213 Å². The van der Waals surface area contributed by atoms with Gasteiger partial charge in [-0.25, -0.2) is 4.79 Å². The van der Waals surface area contributed by atoms with E-state index in [1.54, 1.807) is 0 Å². The number of alkyl carbamates (subject to hydrolysis) is 1. The first-order valence-corrected chi connectivity index (χ1v) is 20.8. The highest BCUT2D eigenvalue weighted by Gasteiger charge is 2.49. The number of carboxylic acid groups (broad SMARTS) is 1. The number of ether oxygens (including phenoxy) is 5. The van der Waals surface area contributed by atoms with Gasteiger partial charge in [0.25, 0.3) is 0 Å². The number of unbranched alkanes of at least 4 members (excludes halogenated alkanes) is 14. The maximum atomic E-state index is 13.5. The summed E-state index contributed by atoms with van der Waals surface area (Å²) in [6.07, 6.45) is 8.77. The molecule has 1 amide bonds. The lowest BCUT2D eigenvalue weighted by Crippen LogP contribution is -2.66. The minimum atomic E-state index is -1.96. The number of esters is 2. The minimum absolute atomic E-state index is 0.222. The Morgan fingerprint density at radius 1 is 0.833 bits per heavy atom. The zero-order valence-corrected chi connectivity index (χ0v) is 34.3. The van der Waals surface area contributed by atoms with Crippen LogP contribution >= 0.6 is 34.8 Å². The molecule has 1 fully saturated rings. The van der Waals surface area contributed by atoms with Gasteiger partial charge in [0.05, 0.1) is 26.1 Å². The number of carbonyl (C=O) groups is 4. The molecular formula is C37H65Cl3N2O12. The second kappa shape index (κ2) is 29.6. The predicted octanol–water partition coefficient (Wildman–Crippen LogP) is 6.62. The Labute approximate surface area is 335 Å². The van der Waals surface area contributed by atoms with Crippen molar-refractivity contribution in [3.05, 3.63) is 0 Å². The minimum Gasteiger partial charge on any atom is -0.481 e. The molecule has 0 bridgehead atoms. The first-order chi connectivity index (χ1) is 25.7. The molecule has 1 aliphatic rings. The number of carbonyl (C=O) groups excluding carboxylic acids is 3. The van der Waals surface area contributed by atoms with E-state index in [0.29, 0.717) is 12.8 Å². The molecule has 316 valence electrons. The van der Waals surface area contributed by atoms with E-state index in [1.165, 1.54) is 38.5 Å². The Kier molecular flexibility index (Phi) is 27.6. The molecule has 1 aliphatic heterocycles. The molecule has 0 aliphatic carbocycles. The molecule has 6 N–H and O–H groups in total. The van der Waals surface area contributed by atoms with Crippen molar-refractivity contribution in [2.75, 3.05) is 19.8 Å². The summed E-state index contributed by atoms with van der Waals surface area (Å²) in [7, 11) is 0. The number of aliphatic hydroxyl groups excluding tert-OH is 2. The normalized spacial score (nSPS) is 21.2. The largest absolute Gasteiger partial charge is 0.481 e. The van der Waals surface area contributed by atoms with E-state index in [2.05, 4.69) is 19.2 Å². The summed E-state index contributed by atoms with van der Waals surface area (Å²) < 4.78 is 25.8. The van der Waals surface area contributed by atoms with Gasteiger partial charge in [-0.1, -0.05) is 139 Å². The lowest BCUT2D eigenvalue weighted by atomic mass is 9.96. The number of nitrogens with two attached hydrogens (primary N) is 1. The maximum Gasteiger partial charge on any atom is 0.407 e. The Bertz CT molecular complexity index is 1050. The van der Waals surface area contributed by atoms with Crippen LogP contribution in [0.3, 0.4) is 0 Å². The molecule has 7 atom stereocenters. The van der Waals surface area contributed by atoms with Crippen LogP contribution in [0.5, 0.6) is 0 Å². The SMILES string of the molecule is CCCCCCCCCCCC(CC(=O)O[C@H]1[C@H](O)[C@@H](CO)O[C@@H](OCC(N)CC(=O)O)[C@@H]1NC(=O)OCC(Cl)(Cl)Cl)OC(=O)CCCCCCCCC. The van der Waals surface area contributed by atoms with Crippen molar-refractivity contribution >= 4 is 58.8 Å². The van der Waals surface area contributed by atoms with Crippen LogP contribution in [0.1, 0.15) is 142 Å². The van der Waals surface area contributed by atoms with Crippen LogP contribution in [-0.4, -0.2) is 106 Å². The molecule has 0 radical (unpaired) electrons. The third kappa shape index (κ3) is 24.1. The Morgan fingerprint density at radius 2 is 1.39 bits per heavy atom. The van der Waals surface area contributed by atoms with Gasteiger partial charge in [0, 0.05) is 12.5 Å². The molecule has 54 heavy (non-hydrogen) atoms. The molecule has 17 heteroatoms. The van der Waals surface area contributed by atoms with Crippen LogP contribution in [0.4, 0.5) is 4.79 Å². The van der Waals surface area contributed by atoms with Gasteiger partial charge in [-0.2, -0.15) is 0 Å². The molecule has 0 aromatic carbocycles. The predicted molar refractivity (Wildman–Crippen MR) is 205 cm³/mol. The summed E-state index contributed by atoms with van der Waals surface area (Å²) in [6.45, 7) is 2.55. The summed E-state index contributed by atoms with van der Waals surface area (Å²) in [4.78, 5) is 50.3. The number of carboxylic acids is 1. The monoisotopic (exact) mass is 834 g/mol. The number of hydrogen-bond donors (Lipinski definition) is 5. The lowest BCUT2D eigenvalue weighted by molar-refractivity contribution is -0.274. The number of rotatable bonds is 30. The Morgan fingerprint density at radius 3 is 1.93 bits per heavy atom. The number of aliphatic hydroxyl groups is 2. The fourth-order valence-electron chi connectivity index (χ4n) is 6.07. The van der Waals surface area contributed by atoms with Crippen molar-refractivity contribution in [1.29, 1.82) is 0 Å². The van der Waals surface area contributed by atoms with E-state index in [9.17, 15) is 29.4 Å². The fourth-order valence-corrected chi connectivity index (χ4v) is 6.24. The molecular weight excluding hydrogens is 771 g/mol. The van der Waals surface area contributed by atoms with Gasteiger partial charge in [0.1, 0.15) is 31.0 Å². The van der Waals surface area contributed by atoms with Gasteiger partial charge < -0.3 is 50.1 Å². The summed E-state index contributed by atoms with van der Waals surface area (Å²) in [5, 5.41) is 32.6. The van der Waals surface area contributed by atoms with E-state index >= 15 is 0 Å². The maximum absolute atomic E-state index is 13.5. The van der Waals surface area contributed by atoms with Gasteiger partial charge in [-0.05, 0) is 19.3 Å². The number of alkyl halides is 3. The van der Waals surface area contributed by atoms with Crippen LogP contribution < -0.4 is 11.1 Å². The first kappa shape index (κ1) is 50.4. The molecule has 2 unspecified atom stereocenters. The van der Waals surface area contributed by atoms with Gasteiger partial charge in [0.15, 0.2) is 12.4 Å². The summed E-state index contributed by atoms with van der Waals surface area (Å²) >= 11 is 17.1. The van der Waals surface area contributed by atoms with Crippen molar-refractivity contribution < 1.29 is 58.2 Å². The van der Waals surface area contributed by atoms with Crippen molar-refractivity contribution in [3.8, 4) is 0 Å². The second-order valence-electron chi connectivity index (χ2n) is 14.0. The fraction of sp³-hybridized carbons (Fsp3) is 0.892. The number of amides is 1. The molecule has 0 saturated carbocycles. The lowest BCUT2D eigenvalue weighted by Gasteiger charge is -2.43. The number of hydrogen-bond acceptors (Lipinski definition) is 12. The third-order valence-corrected chi connectivity index (χ3v) is 9.32. The molecule has 14 nitrogen and oxygen atoms in total. The van der Waals surface area contributed by atoms with E-state index in [1.807, 2.05) is 0 Å². The van der Waals surface area contributed by atoms with Crippen molar-refractivity contribution in [2.45, 2.75) is 189 Å². The van der Waals surface area contributed by atoms with Crippen molar-refractivity contribution in [2.24, 2.45) is 5.73 Å². The number of halogens is 3. The molecule has 1 heterocycles. The molecule has 0 aromatic heterocycles. The van der Waals surface area contributed by atoms with Gasteiger partial charge >= 0.3 is 24.0 Å². The van der Waals surface area contributed by atoms with Gasteiger partial charge in [-0.15, -0.1) is 0 Å². The van der Waals surface area contributed by atoms with E-state index in [4.69, 9.17) is 69.3 Å². The molecule has 0 spiro atoms. The van der Waals surface area contributed by atoms with Gasteiger partial charge in [-0.3, -0.25) is 14.4 Å². The summed E-state index contributed by atoms with van der Waals surface area (Å²) in [5.41, 5.74) is 5.85. The van der Waals surface area contributed by atoms with Crippen molar-refractivity contribution in [1.82, 2.24) is 5.32 Å². The van der Waals surface area contributed by atoms with E-state index in [-0.39, 0.29) is 19.4 Å². The highest BCUT2D eigenvalue weighted by Crippen LogP contribution is 2.28. The quantitative estimate of drug-likeness (QED) is 0.0223. The van der Waals surface area contributed by atoms with E-state index < -0.39 is 90.2 Å². The van der Waals surface area contributed by atoms with Gasteiger partial charge in [0.2, 0.25) is 3.79 Å². The highest BCUT2D eigenvalue weighted by atomic mass is 35.6. The molecule has 1 rings (SSSR count). The van der Waals surface area contributed by atoms with Crippen LogP contribution in [0.25, 0.3) is 0 Å². The van der Waals surface area contributed by atoms with Crippen LogP contribution in [0.15, 0.2) is 0 Å². The Balaban J connectivity index is 3.07. The number of nitrogens with one attached hydrogen (secondary N) is 1. The van der Waals surface area contributed by atoms with Crippen LogP contribution in [0.2, 0.25) is 0 Å². The molecule has 1 saturated heterocycles. The molecule has 0 aromatic rings. The highest BCUT2D eigenvalue weighted by molar-refractivity contribution is 6.67. The average molecular weight is 836 g/mol. The Hall–Kier alpha value is -1.65. The van der Waals surface area contributed by atoms with Crippen LogP contribution in [-0.2, 0) is 38.1 Å². The zero-order chi connectivity index (χ0) is 40.4. The van der Waals surface area contributed by atoms with Crippen molar-refractivity contribution in [3.63, 3.8) is 0 Å². The smallest absolute Gasteiger partial charge is 0.407 e. The summed E-state index contributed by atoms with van der Waals surface area (Å²) in [5.74, 6) is -2.45. The third-order valence-electron chi connectivity index (χ3n) is 8.99. The second-order valence-corrected chi connectivity index (χ2v) is 16.5. The number of aliphatic carboxylic acids is 1. The van der Waals surface area contributed by atoms with Crippen LogP contribution in [0, 0.1) is 0 Å². The van der Waals surface area contributed by atoms with E-state index in [0.717, 1.165) is 57.8 Å². The standard InChI is InChI=1S/C37H65Cl3N2O12/c1-3-5-7-9-11-12-14-15-17-19-27(52-30(46)20-18-16-13-10-8-6-4-2)22-31(47)54-34-32(42-36(49)51-25-37(38,39)40)35(53-28(23-43)33(34)48)50-24-26(41)21-29(44)45/h26-28,32-35,43,48H,3-25,41H2,1-2H3,(H,42,49)(H,44,45)/t26?,27?,28-,32-,33-,34-,35-/m1/s1. The average Bonchev–Trinajstić information content (AvgIpc) is 3.10. The first-order valence-electron chi connectivity index (χ1n) is 19.6.